The van der Waals surface area contributed by atoms with Gasteiger partial charge < -0.3 is 0 Å². The van der Waals surface area contributed by atoms with E-state index in [2.05, 4.69) is 243 Å². The Labute approximate surface area is 425 Å². The maximum atomic E-state index is 2.50. The molecule has 74 heavy (non-hydrogen) atoms. The number of hydrogen-bond acceptors (Lipinski definition) is 0. The highest BCUT2D eigenvalue weighted by atomic mass is 14.4. The fourth-order valence-corrected chi connectivity index (χ4v) is 14.6. The predicted molar refractivity (Wildman–Crippen MR) is 319 cm³/mol. The van der Waals surface area contributed by atoms with Crippen LogP contribution in [0.3, 0.4) is 0 Å². The van der Waals surface area contributed by atoms with Crippen molar-refractivity contribution in [2.75, 3.05) is 0 Å². The highest BCUT2D eigenvalue weighted by Crippen LogP contribution is 2.61. The van der Waals surface area contributed by atoms with Crippen molar-refractivity contribution < 1.29 is 0 Å². The summed E-state index contributed by atoms with van der Waals surface area (Å²) in [5, 5.41) is 29.3. The maximum Gasteiger partial charge on any atom is -0.000696 e. The lowest BCUT2D eigenvalue weighted by molar-refractivity contribution is 1.62. The molecular weight excluding hydrogens is 889 g/mol. The van der Waals surface area contributed by atoms with Gasteiger partial charge in [-0.05, 0) is 197 Å². The second kappa shape index (κ2) is 14.1. The molecule has 0 saturated heterocycles. The largest absolute Gasteiger partial charge is 0.0622 e. The molecule has 336 valence electrons. The second-order valence-corrected chi connectivity index (χ2v) is 20.8. The molecule has 0 heteroatoms. The van der Waals surface area contributed by atoms with E-state index in [0.29, 0.717) is 0 Å². The molecule has 0 aliphatic heterocycles. The monoisotopic (exact) mass is 928 g/mol. The molecule has 0 aromatic heterocycles. The van der Waals surface area contributed by atoms with E-state index >= 15 is 0 Å². The fourth-order valence-electron chi connectivity index (χ4n) is 14.6. The minimum Gasteiger partial charge on any atom is -0.0622 e. The Kier molecular flexibility index (Phi) is 7.43. The summed E-state index contributed by atoms with van der Waals surface area (Å²) in [6, 6.07) is 91.9. The van der Waals surface area contributed by atoms with Crippen LogP contribution < -0.4 is 0 Å². The Balaban J connectivity index is 0.998. The molecule has 0 heterocycles. The zero-order chi connectivity index (χ0) is 47.9. The summed E-state index contributed by atoms with van der Waals surface area (Å²) < 4.78 is 0. The summed E-state index contributed by atoms with van der Waals surface area (Å²) in [4.78, 5) is 0. The highest BCUT2D eigenvalue weighted by Gasteiger charge is 2.33. The third-order valence-electron chi connectivity index (χ3n) is 17.4. The van der Waals surface area contributed by atoms with Crippen LogP contribution in [0.4, 0.5) is 0 Å². The number of fused-ring (bicyclic) bond motifs is 15. The molecule has 1 aliphatic carbocycles. The van der Waals surface area contributed by atoms with Gasteiger partial charge in [0, 0.05) is 0 Å². The van der Waals surface area contributed by atoms with Crippen molar-refractivity contribution in [2.45, 2.75) is 0 Å². The van der Waals surface area contributed by atoms with Crippen LogP contribution >= 0.6 is 0 Å². The first-order valence-corrected chi connectivity index (χ1v) is 26.0. The zero-order valence-electron chi connectivity index (χ0n) is 40.1. The minimum atomic E-state index is 1.24. The zero-order valence-corrected chi connectivity index (χ0v) is 40.1. The van der Waals surface area contributed by atoms with Gasteiger partial charge >= 0.3 is 0 Å². The molecule has 0 unspecified atom stereocenters. The molecule has 18 rings (SSSR count). The Hall–Kier alpha value is -9.62. The van der Waals surface area contributed by atoms with Crippen molar-refractivity contribution in [3.05, 3.63) is 243 Å². The standard InChI is InChI=1S/C74H40/c1-5-17-41(18-6-1)45-29-30-46-40-60-63(44-23-11-4-12-24-44)72-57-37-33-53-51-31-35-55-67-56(71-62(43-21-9-3-10-22-43)48-26-14-13-25-47(48)61(70(55)71)42-19-7-2-8-20-42)36-32-52(64(51)67)54-34-38-58(68(57)65(53)54)73(72)69-50-28-16-15-27-49(50)66(74(60)69)59(46)39-45/h1-40H. The second-order valence-electron chi connectivity index (χ2n) is 20.8. The summed E-state index contributed by atoms with van der Waals surface area (Å²) in [5.41, 5.74) is 15.5. The smallest absolute Gasteiger partial charge is 0.000696 e. The third-order valence-corrected chi connectivity index (χ3v) is 17.4. The average molecular weight is 929 g/mol. The van der Waals surface area contributed by atoms with Crippen LogP contribution in [0.25, 0.3) is 185 Å². The van der Waals surface area contributed by atoms with Crippen molar-refractivity contribution in [1.82, 2.24) is 0 Å². The first kappa shape index (κ1) is 39.0. The van der Waals surface area contributed by atoms with Gasteiger partial charge in [-0.25, -0.2) is 0 Å². The van der Waals surface area contributed by atoms with Crippen molar-refractivity contribution in [3.63, 3.8) is 0 Å². The van der Waals surface area contributed by atoms with Crippen LogP contribution in [-0.2, 0) is 0 Å². The summed E-state index contributed by atoms with van der Waals surface area (Å²) in [5.74, 6) is 0. The Morgan fingerprint density at radius 3 is 1.07 bits per heavy atom. The molecule has 0 atom stereocenters. The number of hydrogen-bond donors (Lipinski definition) is 0. The van der Waals surface area contributed by atoms with Crippen LogP contribution in [0, 0.1) is 0 Å². The van der Waals surface area contributed by atoms with E-state index < -0.39 is 0 Å². The van der Waals surface area contributed by atoms with Crippen molar-refractivity contribution in [3.8, 4) is 66.8 Å². The molecule has 0 amide bonds. The summed E-state index contributed by atoms with van der Waals surface area (Å²) >= 11 is 0. The number of rotatable bonds is 4. The van der Waals surface area contributed by atoms with Gasteiger partial charge in [0.2, 0.25) is 0 Å². The molecule has 0 spiro atoms. The van der Waals surface area contributed by atoms with Crippen molar-refractivity contribution in [1.29, 1.82) is 0 Å². The highest BCUT2D eigenvalue weighted by molar-refractivity contribution is 6.53. The average Bonchev–Trinajstić information content (AvgIpc) is 4.25. The Morgan fingerprint density at radius 1 is 0.149 bits per heavy atom. The first-order chi connectivity index (χ1) is 36.8. The van der Waals surface area contributed by atoms with Crippen LogP contribution in [0.15, 0.2) is 243 Å². The molecule has 0 nitrogen and oxygen atoms in total. The number of benzene rings is 15. The van der Waals surface area contributed by atoms with Crippen LogP contribution in [0.1, 0.15) is 0 Å². The van der Waals surface area contributed by atoms with Crippen LogP contribution in [0.2, 0.25) is 0 Å². The van der Waals surface area contributed by atoms with E-state index in [4.69, 9.17) is 0 Å². The van der Waals surface area contributed by atoms with Gasteiger partial charge in [-0.1, -0.05) is 231 Å². The molecule has 0 N–H and O–H groups in total. The van der Waals surface area contributed by atoms with Gasteiger partial charge in [-0.15, -0.1) is 0 Å². The maximum absolute atomic E-state index is 2.50. The normalized spacial score (nSPS) is 12.6. The van der Waals surface area contributed by atoms with Gasteiger partial charge in [0.25, 0.3) is 0 Å². The van der Waals surface area contributed by atoms with Gasteiger partial charge in [0.1, 0.15) is 0 Å². The topological polar surface area (TPSA) is 0 Å². The van der Waals surface area contributed by atoms with Crippen molar-refractivity contribution in [2.24, 2.45) is 0 Å². The molecule has 1 aliphatic rings. The molecular formula is C74H40. The lowest BCUT2D eigenvalue weighted by Crippen LogP contribution is -1.93. The lowest BCUT2D eigenvalue weighted by Gasteiger charge is -2.20. The van der Waals surface area contributed by atoms with E-state index in [1.54, 1.807) is 0 Å². The van der Waals surface area contributed by atoms with E-state index in [-0.39, 0.29) is 0 Å². The van der Waals surface area contributed by atoms with Crippen LogP contribution in [-0.4, -0.2) is 0 Å². The van der Waals surface area contributed by atoms with Crippen LogP contribution in [0.5, 0.6) is 0 Å². The SMILES string of the molecule is c1ccc(-c2ccc3cc4c(-c5ccccc5)c5c6ccc7c8ccc9c%10c(ccc(c%11ccc(c6c7%11)c5c5c6ccccc6c(c3c2)c45)c%108)-c2c-9c(-c3ccccc3)c3ccccc3c2-c2ccccc2)cc1. The molecule has 0 saturated carbocycles. The molecule has 0 fully saturated rings. The van der Waals surface area contributed by atoms with Gasteiger partial charge in [0.15, 0.2) is 0 Å². The molecule has 0 radical (unpaired) electrons. The fraction of sp³-hybridized carbons (Fsp3) is 0. The molecule has 0 bridgehead atoms. The van der Waals surface area contributed by atoms with Gasteiger partial charge in [0.05, 0.1) is 0 Å². The Morgan fingerprint density at radius 2 is 0.514 bits per heavy atom. The molecule has 17 aromatic carbocycles. The van der Waals surface area contributed by atoms with Crippen molar-refractivity contribution >= 4 is 118 Å². The first-order valence-electron chi connectivity index (χ1n) is 26.0. The van der Waals surface area contributed by atoms with E-state index in [0.717, 1.165) is 0 Å². The summed E-state index contributed by atoms with van der Waals surface area (Å²) in [6.07, 6.45) is 0. The van der Waals surface area contributed by atoms with Gasteiger partial charge in [-0.2, -0.15) is 0 Å². The lowest BCUT2D eigenvalue weighted by atomic mass is 9.82. The summed E-state index contributed by atoms with van der Waals surface area (Å²) in [6.45, 7) is 0. The quantitative estimate of drug-likeness (QED) is 0.122. The minimum absolute atomic E-state index is 1.24. The predicted octanol–water partition coefficient (Wildman–Crippen LogP) is 21.0. The van der Waals surface area contributed by atoms with E-state index in [1.807, 2.05) is 0 Å². The molecule has 17 aromatic rings. The van der Waals surface area contributed by atoms with E-state index in [1.165, 1.54) is 185 Å². The summed E-state index contributed by atoms with van der Waals surface area (Å²) in [7, 11) is 0. The third kappa shape index (κ3) is 4.80. The van der Waals surface area contributed by atoms with E-state index in [9.17, 15) is 0 Å². The Bertz CT molecular complexity index is 5100. The van der Waals surface area contributed by atoms with Gasteiger partial charge in [-0.3, -0.25) is 0 Å².